The predicted molar refractivity (Wildman–Crippen MR) is 76.7 cm³/mol. The van der Waals surface area contributed by atoms with E-state index in [-0.39, 0.29) is 5.03 Å². The highest BCUT2D eigenvalue weighted by molar-refractivity contribution is 6.43. The standard InChI is InChI=1S/C13H13ClN4O2/c1-7-6-10(16-12(19)8(2)14)11(17-13(7)20-3)9-4-5-15-18-9/h4-6H,2H2,1,3H3,(H,15,18)(H,16,19). The lowest BCUT2D eigenvalue weighted by Crippen LogP contribution is -2.13. The van der Waals surface area contributed by atoms with Gasteiger partial charge in [0.2, 0.25) is 5.88 Å². The van der Waals surface area contributed by atoms with Gasteiger partial charge in [-0.3, -0.25) is 9.89 Å². The summed E-state index contributed by atoms with van der Waals surface area (Å²) in [5.41, 5.74) is 2.45. The minimum Gasteiger partial charge on any atom is -0.481 e. The Morgan fingerprint density at radius 3 is 2.85 bits per heavy atom. The summed E-state index contributed by atoms with van der Waals surface area (Å²) in [5.74, 6) is -0.0175. The van der Waals surface area contributed by atoms with Crippen molar-refractivity contribution in [2.75, 3.05) is 12.4 Å². The van der Waals surface area contributed by atoms with Crippen LogP contribution in [0, 0.1) is 6.92 Å². The Bertz CT molecular complexity index is 653. The highest BCUT2D eigenvalue weighted by atomic mass is 35.5. The molecule has 0 unspecified atom stereocenters. The molecule has 20 heavy (non-hydrogen) atoms. The number of halogens is 1. The molecule has 0 bridgehead atoms. The molecule has 1 amide bonds. The van der Waals surface area contributed by atoms with Gasteiger partial charge in [0.25, 0.3) is 5.91 Å². The number of aryl methyl sites for hydroxylation is 1. The van der Waals surface area contributed by atoms with Crippen LogP contribution in [0.3, 0.4) is 0 Å². The van der Waals surface area contributed by atoms with Gasteiger partial charge in [-0.25, -0.2) is 4.98 Å². The Morgan fingerprint density at radius 1 is 1.55 bits per heavy atom. The minimum absolute atomic E-state index is 0.103. The fourth-order valence-corrected chi connectivity index (χ4v) is 1.73. The van der Waals surface area contributed by atoms with Crippen molar-refractivity contribution in [3.63, 3.8) is 0 Å². The third kappa shape index (κ3) is 2.80. The number of H-pyrrole nitrogens is 1. The zero-order chi connectivity index (χ0) is 14.7. The number of carbonyl (C=O) groups is 1. The van der Waals surface area contributed by atoms with E-state index in [2.05, 4.69) is 27.1 Å². The van der Waals surface area contributed by atoms with Crippen molar-refractivity contribution in [2.45, 2.75) is 6.92 Å². The number of hydrogen-bond acceptors (Lipinski definition) is 4. The molecule has 0 aromatic carbocycles. The van der Waals surface area contributed by atoms with Gasteiger partial charge in [0, 0.05) is 11.8 Å². The lowest BCUT2D eigenvalue weighted by Gasteiger charge is -2.12. The smallest absolute Gasteiger partial charge is 0.266 e. The minimum atomic E-state index is -0.487. The fraction of sp³-hybridized carbons (Fsp3) is 0.154. The lowest BCUT2D eigenvalue weighted by molar-refractivity contribution is -0.112. The molecule has 0 radical (unpaired) electrons. The summed E-state index contributed by atoms with van der Waals surface area (Å²) in [6.07, 6.45) is 1.59. The van der Waals surface area contributed by atoms with Crippen molar-refractivity contribution in [3.8, 4) is 17.3 Å². The molecule has 0 aliphatic rings. The van der Waals surface area contributed by atoms with E-state index >= 15 is 0 Å². The summed E-state index contributed by atoms with van der Waals surface area (Å²) in [5, 5.41) is 9.21. The molecule has 0 atom stereocenters. The monoisotopic (exact) mass is 292 g/mol. The maximum absolute atomic E-state index is 11.7. The average Bonchev–Trinajstić information content (AvgIpc) is 2.92. The highest BCUT2D eigenvalue weighted by Crippen LogP contribution is 2.30. The molecular formula is C13H13ClN4O2. The van der Waals surface area contributed by atoms with E-state index in [1.165, 1.54) is 7.11 Å². The number of anilines is 1. The number of nitrogens with zero attached hydrogens (tertiary/aromatic N) is 2. The first kappa shape index (κ1) is 14.1. The van der Waals surface area contributed by atoms with Crippen LogP contribution >= 0.6 is 11.6 Å². The Hall–Kier alpha value is -2.34. The first-order valence-corrected chi connectivity index (χ1v) is 6.12. The number of pyridine rings is 1. The molecule has 0 aliphatic heterocycles. The first-order chi connectivity index (χ1) is 9.52. The third-order valence-corrected chi connectivity index (χ3v) is 2.78. The quantitative estimate of drug-likeness (QED) is 0.849. The van der Waals surface area contributed by atoms with E-state index < -0.39 is 5.91 Å². The van der Waals surface area contributed by atoms with E-state index in [4.69, 9.17) is 16.3 Å². The number of aromatic nitrogens is 3. The van der Waals surface area contributed by atoms with Gasteiger partial charge in [0.1, 0.15) is 5.69 Å². The van der Waals surface area contributed by atoms with E-state index in [0.717, 1.165) is 5.56 Å². The van der Waals surface area contributed by atoms with Crippen molar-refractivity contribution in [1.29, 1.82) is 0 Å². The van der Waals surface area contributed by atoms with Crippen LogP contribution in [0.4, 0.5) is 5.69 Å². The molecule has 0 saturated heterocycles. The first-order valence-electron chi connectivity index (χ1n) is 5.74. The molecule has 2 aromatic heterocycles. The topological polar surface area (TPSA) is 79.9 Å². The van der Waals surface area contributed by atoms with Gasteiger partial charge in [-0.1, -0.05) is 18.2 Å². The van der Waals surface area contributed by atoms with Gasteiger partial charge in [-0.05, 0) is 19.1 Å². The lowest BCUT2D eigenvalue weighted by atomic mass is 10.2. The average molecular weight is 293 g/mol. The normalized spacial score (nSPS) is 10.2. The van der Waals surface area contributed by atoms with Crippen molar-refractivity contribution >= 4 is 23.2 Å². The number of rotatable bonds is 4. The molecule has 2 aromatic rings. The van der Waals surface area contributed by atoms with Crippen LogP contribution in [0.25, 0.3) is 11.4 Å². The molecule has 2 rings (SSSR count). The highest BCUT2D eigenvalue weighted by Gasteiger charge is 2.15. The third-order valence-electron chi connectivity index (χ3n) is 2.61. The maximum Gasteiger partial charge on any atom is 0.266 e. The molecule has 0 fully saturated rings. The van der Waals surface area contributed by atoms with Crippen molar-refractivity contribution in [3.05, 3.63) is 35.5 Å². The summed E-state index contributed by atoms with van der Waals surface area (Å²) < 4.78 is 5.19. The van der Waals surface area contributed by atoms with Crippen molar-refractivity contribution < 1.29 is 9.53 Å². The van der Waals surface area contributed by atoms with Crippen LogP contribution in [0.15, 0.2) is 29.9 Å². The van der Waals surface area contributed by atoms with Gasteiger partial charge < -0.3 is 10.1 Å². The van der Waals surface area contributed by atoms with Crippen LogP contribution < -0.4 is 10.1 Å². The van der Waals surface area contributed by atoms with Gasteiger partial charge >= 0.3 is 0 Å². The molecular weight excluding hydrogens is 280 g/mol. The van der Waals surface area contributed by atoms with Crippen molar-refractivity contribution in [2.24, 2.45) is 0 Å². The van der Waals surface area contributed by atoms with Gasteiger partial charge in [0.15, 0.2) is 0 Å². The zero-order valence-corrected chi connectivity index (χ0v) is 11.8. The number of carbonyl (C=O) groups excluding carboxylic acids is 1. The molecule has 7 heteroatoms. The summed E-state index contributed by atoms with van der Waals surface area (Å²) in [6.45, 7) is 5.22. The molecule has 0 saturated carbocycles. The number of ether oxygens (including phenoxy) is 1. The Labute approximate surface area is 120 Å². The molecule has 6 nitrogen and oxygen atoms in total. The summed E-state index contributed by atoms with van der Waals surface area (Å²) >= 11 is 5.58. The van der Waals surface area contributed by atoms with E-state index in [9.17, 15) is 4.79 Å². The molecule has 104 valence electrons. The summed E-state index contributed by atoms with van der Waals surface area (Å²) in [6, 6.07) is 3.49. The maximum atomic E-state index is 11.7. The molecule has 0 aliphatic carbocycles. The predicted octanol–water partition coefficient (Wildman–Crippen LogP) is 2.48. The zero-order valence-electron chi connectivity index (χ0n) is 11.0. The van der Waals surface area contributed by atoms with Crippen LogP contribution in [0.1, 0.15) is 5.56 Å². The van der Waals surface area contributed by atoms with Crippen LogP contribution in [-0.4, -0.2) is 28.2 Å². The van der Waals surface area contributed by atoms with Gasteiger partial charge in [-0.2, -0.15) is 5.10 Å². The number of hydrogen-bond donors (Lipinski definition) is 2. The van der Waals surface area contributed by atoms with Crippen LogP contribution in [-0.2, 0) is 4.79 Å². The van der Waals surface area contributed by atoms with Gasteiger partial charge in [0.05, 0.1) is 23.5 Å². The van der Waals surface area contributed by atoms with Crippen LogP contribution in [0.2, 0.25) is 0 Å². The molecule has 0 spiro atoms. The Kier molecular flexibility index (Phi) is 4.05. The molecule has 2 N–H and O–H groups in total. The number of methoxy groups -OCH3 is 1. The second kappa shape index (κ2) is 5.75. The Balaban J connectivity index is 2.51. The number of amides is 1. The van der Waals surface area contributed by atoms with Crippen molar-refractivity contribution in [1.82, 2.24) is 15.2 Å². The summed E-state index contributed by atoms with van der Waals surface area (Å²) in [4.78, 5) is 16.0. The number of aromatic amines is 1. The van der Waals surface area contributed by atoms with Gasteiger partial charge in [-0.15, -0.1) is 0 Å². The number of nitrogens with one attached hydrogen (secondary N) is 2. The SMILES string of the molecule is C=C(Cl)C(=O)Nc1cc(C)c(OC)nc1-c1ccn[nH]1. The summed E-state index contributed by atoms with van der Waals surface area (Å²) in [7, 11) is 1.53. The molecule has 2 heterocycles. The largest absolute Gasteiger partial charge is 0.481 e. The second-order valence-electron chi connectivity index (χ2n) is 4.04. The Morgan fingerprint density at radius 2 is 2.30 bits per heavy atom. The second-order valence-corrected chi connectivity index (χ2v) is 4.50. The fourth-order valence-electron chi connectivity index (χ4n) is 1.68. The van der Waals surface area contributed by atoms with E-state index in [0.29, 0.717) is 23.0 Å². The van der Waals surface area contributed by atoms with E-state index in [1.807, 2.05) is 6.92 Å². The van der Waals surface area contributed by atoms with Crippen LogP contribution in [0.5, 0.6) is 5.88 Å². The van der Waals surface area contributed by atoms with E-state index in [1.54, 1.807) is 18.3 Å².